The summed E-state index contributed by atoms with van der Waals surface area (Å²) in [5.74, 6) is -2.45. The number of carbonyl (C=O) groups excluding carboxylic acids is 4. The van der Waals surface area contributed by atoms with E-state index < -0.39 is 23.2 Å². The Morgan fingerprint density at radius 1 is 1.15 bits per heavy atom. The van der Waals surface area contributed by atoms with Gasteiger partial charge in [0.05, 0.1) is 24.8 Å². The van der Waals surface area contributed by atoms with Crippen molar-refractivity contribution in [2.75, 3.05) is 27.4 Å². The number of hydrogen-bond acceptors (Lipinski definition) is 8. The van der Waals surface area contributed by atoms with Crippen LogP contribution in [0, 0.1) is 11.8 Å². The maximum atomic E-state index is 13.6. The molecule has 11 heteroatoms. The fourth-order valence-corrected chi connectivity index (χ4v) is 4.86. The van der Waals surface area contributed by atoms with Crippen LogP contribution in [0.25, 0.3) is 0 Å². The van der Waals surface area contributed by atoms with Gasteiger partial charge in [-0.25, -0.2) is 0 Å². The highest BCUT2D eigenvalue weighted by molar-refractivity contribution is 6.37. The third-order valence-corrected chi connectivity index (χ3v) is 6.82. The molecule has 10 nitrogen and oxygen atoms in total. The number of methoxy groups -OCH3 is 2. The third kappa shape index (κ3) is 3.80. The smallest absolute Gasteiger partial charge is 0.271 e. The van der Waals surface area contributed by atoms with Gasteiger partial charge in [0, 0.05) is 37.5 Å². The van der Waals surface area contributed by atoms with Gasteiger partial charge in [-0.3, -0.25) is 30.0 Å². The van der Waals surface area contributed by atoms with Crippen molar-refractivity contribution in [2.24, 2.45) is 11.8 Å². The lowest BCUT2D eigenvalue weighted by molar-refractivity contribution is -0.128. The number of allylic oxidation sites excluding steroid dienone is 1. The Labute approximate surface area is 200 Å². The molecule has 4 rings (SSSR count). The fraction of sp³-hybridized carbons (Fsp3) is 0.478. The summed E-state index contributed by atoms with van der Waals surface area (Å²) in [5.41, 5.74) is 3.16. The second-order valence-corrected chi connectivity index (χ2v) is 8.80. The first-order valence-corrected chi connectivity index (χ1v) is 11.2. The molecule has 2 N–H and O–H groups in total. The summed E-state index contributed by atoms with van der Waals surface area (Å²) in [6, 6.07) is 1.31. The van der Waals surface area contributed by atoms with Crippen molar-refractivity contribution in [2.45, 2.75) is 31.8 Å². The van der Waals surface area contributed by atoms with Crippen LogP contribution >= 0.6 is 11.6 Å². The molecular weight excluding hydrogens is 468 g/mol. The summed E-state index contributed by atoms with van der Waals surface area (Å²) < 4.78 is 22.1. The van der Waals surface area contributed by atoms with E-state index in [9.17, 15) is 19.2 Å². The number of Topliss-reactive ketones (excluding diaryl/α,β-unsaturated/α-hetero) is 1. The van der Waals surface area contributed by atoms with Crippen molar-refractivity contribution in [1.82, 2.24) is 10.9 Å². The van der Waals surface area contributed by atoms with E-state index in [-0.39, 0.29) is 57.4 Å². The van der Waals surface area contributed by atoms with Gasteiger partial charge in [-0.2, -0.15) is 0 Å². The zero-order valence-electron chi connectivity index (χ0n) is 19.0. The van der Waals surface area contributed by atoms with E-state index >= 15 is 0 Å². The van der Waals surface area contributed by atoms with Crippen molar-refractivity contribution in [3.63, 3.8) is 0 Å². The summed E-state index contributed by atoms with van der Waals surface area (Å²) in [6.45, 7) is 2.66. The number of fused-ring (bicyclic) bond motifs is 1. The fourth-order valence-electron chi connectivity index (χ4n) is 4.59. The van der Waals surface area contributed by atoms with Crippen LogP contribution in [-0.4, -0.2) is 56.4 Å². The van der Waals surface area contributed by atoms with E-state index in [0.717, 1.165) is 0 Å². The average Bonchev–Trinajstić information content (AvgIpc) is 3.15. The van der Waals surface area contributed by atoms with Crippen LogP contribution in [0.15, 0.2) is 17.9 Å². The second-order valence-electron chi connectivity index (χ2n) is 8.43. The van der Waals surface area contributed by atoms with Crippen molar-refractivity contribution in [3.8, 4) is 11.5 Å². The highest BCUT2D eigenvalue weighted by Crippen LogP contribution is 2.52. The standard InChI is InChI=1S/C23H25ClN2O8/c1-11-8-13(27)9-16(32-3)23(11)20(28)17-15(31-2)10-14(18(24)19(17)34-23)22(30)26-25-21(29)12-4-6-33-7-5-12/h9-12H,4-8H2,1-3H3,(H,25,29)(H,26,30)/t11-,23+/m1/s1. The van der Waals surface area contributed by atoms with Gasteiger partial charge in [0.25, 0.3) is 5.91 Å². The molecule has 0 bridgehead atoms. The Kier molecular flexibility index (Phi) is 6.55. The molecule has 2 atom stereocenters. The zero-order valence-corrected chi connectivity index (χ0v) is 19.7. The number of ketones is 2. The normalized spacial score (nSPS) is 24.2. The monoisotopic (exact) mass is 492 g/mol. The van der Waals surface area contributed by atoms with E-state index in [2.05, 4.69) is 10.9 Å². The quantitative estimate of drug-likeness (QED) is 0.610. The topological polar surface area (TPSA) is 129 Å². The largest absolute Gasteiger partial charge is 0.496 e. The Hall–Kier alpha value is -3.11. The molecular formula is C23H25ClN2O8. The Bertz CT molecular complexity index is 1090. The molecule has 0 saturated carbocycles. The van der Waals surface area contributed by atoms with Gasteiger partial charge in [-0.05, 0) is 18.9 Å². The first kappa shape index (κ1) is 24.0. The van der Waals surface area contributed by atoms with E-state index in [1.54, 1.807) is 6.92 Å². The summed E-state index contributed by atoms with van der Waals surface area (Å²) in [7, 11) is 2.69. The van der Waals surface area contributed by atoms with E-state index in [4.69, 9.17) is 30.5 Å². The number of nitrogens with one attached hydrogen (secondary N) is 2. The van der Waals surface area contributed by atoms with Crippen molar-refractivity contribution < 1.29 is 38.1 Å². The second kappa shape index (κ2) is 9.27. The Balaban J connectivity index is 1.65. The number of amides is 2. The molecule has 1 spiro atoms. The third-order valence-electron chi connectivity index (χ3n) is 6.45. The number of hydrogen-bond donors (Lipinski definition) is 2. The molecule has 1 aromatic rings. The molecule has 2 aliphatic heterocycles. The minimum atomic E-state index is -1.60. The number of rotatable bonds is 4. The lowest BCUT2D eigenvalue weighted by Gasteiger charge is -2.36. The van der Waals surface area contributed by atoms with Gasteiger partial charge >= 0.3 is 0 Å². The summed E-state index contributed by atoms with van der Waals surface area (Å²) in [5, 5.41) is -0.126. The molecule has 2 amide bonds. The van der Waals surface area contributed by atoms with Gasteiger partial charge in [0.15, 0.2) is 17.3 Å². The van der Waals surface area contributed by atoms with Crippen molar-refractivity contribution in [1.29, 1.82) is 0 Å². The van der Waals surface area contributed by atoms with Crippen molar-refractivity contribution >= 4 is 35.0 Å². The lowest BCUT2D eigenvalue weighted by Crippen LogP contribution is -2.51. The van der Waals surface area contributed by atoms with Crippen LogP contribution < -0.4 is 20.3 Å². The maximum absolute atomic E-state index is 13.6. The van der Waals surface area contributed by atoms with Crippen LogP contribution in [0.1, 0.15) is 46.9 Å². The Morgan fingerprint density at radius 2 is 1.85 bits per heavy atom. The minimum Gasteiger partial charge on any atom is -0.496 e. The number of ether oxygens (including phenoxy) is 4. The summed E-state index contributed by atoms with van der Waals surface area (Å²) in [4.78, 5) is 50.9. The average molecular weight is 493 g/mol. The molecule has 1 fully saturated rings. The molecule has 1 saturated heterocycles. The maximum Gasteiger partial charge on any atom is 0.271 e. The molecule has 0 aromatic heterocycles. The van der Waals surface area contributed by atoms with Gasteiger partial charge in [-0.15, -0.1) is 0 Å². The van der Waals surface area contributed by atoms with Crippen LogP contribution in [0.5, 0.6) is 11.5 Å². The SMILES string of the molecule is COC1=CC(=O)C[C@@H](C)[C@]12Oc1c(Cl)c(C(=O)NNC(=O)C3CCOCC3)cc(OC)c1C2=O. The Morgan fingerprint density at radius 3 is 2.50 bits per heavy atom. The zero-order chi connectivity index (χ0) is 24.6. The first-order chi connectivity index (χ1) is 16.2. The van der Waals surface area contributed by atoms with E-state index in [1.807, 2.05) is 0 Å². The predicted octanol–water partition coefficient (Wildman–Crippen LogP) is 1.99. The molecule has 0 unspecified atom stereocenters. The van der Waals surface area contributed by atoms with Gasteiger partial charge in [-0.1, -0.05) is 18.5 Å². The first-order valence-electron chi connectivity index (χ1n) is 10.9. The van der Waals surface area contributed by atoms with E-state index in [0.29, 0.717) is 26.1 Å². The highest BCUT2D eigenvalue weighted by atomic mass is 35.5. The van der Waals surface area contributed by atoms with Gasteiger partial charge in [0.2, 0.25) is 17.3 Å². The van der Waals surface area contributed by atoms with Gasteiger partial charge in [0.1, 0.15) is 11.3 Å². The summed E-state index contributed by atoms with van der Waals surface area (Å²) >= 11 is 6.53. The highest BCUT2D eigenvalue weighted by Gasteiger charge is 2.59. The van der Waals surface area contributed by atoms with Crippen LogP contribution in [-0.2, 0) is 19.1 Å². The van der Waals surface area contributed by atoms with Gasteiger partial charge < -0.3 is 18.9 Å². The number of hydrazine groups is 1. The molecule has 2 heterocycles. The molecule has 1 aliphatic carbocycles. The molecule has 0 radical (unpaired) electrons. The van der Waals surface area contributed by atoms with Crippen LogP contribution in [0.2, 0.25) is 5.02 Å². The summed E-state index contributed by atoms with van der Waals surface area (Å²) in [6.07, 6.45) is 2.42. The molecule has 34 heavy (non-hydrogen) atoms. The number of carbonyl (C=O) groups is 4. The number of benzene rings is 1. The minimum absolute atomic E-state index is 0.0453. The molecule has 182 valence electrons. The molecule has 3 aliphatic rings. The lowest BCUT2D eigenvalue weighted by atomic mass is 9.75. The van der Waals surface area contributed by atoms with Crippen LogP contribution in [0.4, 0.5) is 0 Å². The van der Waals surface area contributed by atoms with E-state index in [1.165, 1.54) is 26.4 Å². The van der Waals surface area contributed by atoms with Crippen molar-refractivity contribution in [3.05, 3.63) is 34.1 Å². The molecule has 1 aromatic carbocycles. The van der Waals surface area contributed by atoms with Crippen LogP contribution in [0.3, 0.4) is 0 Å². The predicted molar refractivity (Wildman–Crippen MR) is 119 cm³/mol. The number of halogens is 1.